The normalized spacial score (nSPS) is 19.8. The van der Waals surface area contributed by atoms with Gasteiger partial charge >= 0.3 is 11.9 Å². The quantitative estimate of drug-likeness (QED) is 0.448. The Labute approximate surface area is 211 Å². The van der Waals surface area contributed by atoms with Crippen LogP contribution in [0.1, 0.15) is 46.9 Å². The molecule has 0 bridgehead atoms. The molecule has 3 aliphatic rings. The van der Waals surface area contributed by atoms with Crippen molar-refractivity contribution in [3.8, 4) is 17.2 Å². The van der Waals surface area contributed by atoms with Crippen LogP contribution < -0.4 is 14.2 Å². The van der Waals surface area contributed by atoms with Gasteiger partial charge in [0, 0.05) is 37.0 Å². The van der Waals surface area contributed by atoms with Crippen molar-refractivity contribution in [2.75, 3.05) is 19.9 Å². The van der Waals surface area contributed by atoms with E-state index in [2.05, 4.69) is 0 Å². The van der Waals surface area contributed by atoms with Crippen LogP contribution in [0.2, 0.25) is 0 Å². The lowest BCUT2D eigenvalue weighted by molar-refractivity contribution is -0.165. The van der Waals surface area contributed by atoms with E-state index in [1.165, 1.54) is 18.7 Å². The number of hydrogen-bond donors (Lipinski definition) is 0. The van der Waals surface area contributed by atoms with E-state index in [1.807, 2.05) is 0 Å². The highest BCUT2D eigenvalue weighted by Crippen LogP contribution is 2.52. The fraction of sp³-hybridized carbons (Fsp3) is 0.346. The number of imide groups is 1. The molecule has 192 valence electrons. The number of benzene rings is 2. The number of amides is 3. The summed E-state index contributed by atoms with van der Waals surface area (Å²) in [5.41, 5.74) is 1.66. The van der Waals surface area contributed by atoms with Gasteiger partial charge < -0.3 is 23.8 Å². The van der Waals surface area contributed by atoms with E-state index in [0.717, 1.165) is 4.90 Å². The third-order valence-electron chi connectivity index (χ3n) is 6.68. The maximum atomic E-state index is 13.4. The highest BCUT2D eigenvalue weighted by molar-refractivity contribution is 6.05. The molecular formula is C26H24N2O9. The number of esters is 2. The van der Waals surface area contributed by atoms with Crippen molar-refractivity contribution in [2.45, 2.75) is 39.3 Å². The molecule has 2 aromatic carbocycles. The zero-order valence-corrected chi connectivity index (χ0v) is 20.4. The van der Waals surface area contributed by atoms with Gasteiger partial charge in [-0.25, -0.2) is 4.79 Å². The van der Waals surface area contributed by atoms with E-state index in [9.17, 15) is 24.0 Å². The maximum absolute atomic E-state index is 13.4. The van der Waals surface area contributed by atoms with Gasteiger partial charge in [0.05, 0.1) is 11.6 Å². The lowest BCUT2D eigenvalue weighted by atomic mass is 9.83. The van der Waals surface area contributed by atoms with E-state index >= 15 is 0 Å². The Morgan fingerprint density at radius 2 is 1.76 bits per heavy atom. The van der Waals surface area contributed by atoms with Crippen LogP contribution in [0.25, 0.3) is 0 Å². The summed E-state index contributed by atoms with van der Waals surface area (Å²) in [5, 5.41) is 0. The van der Waals surface area contributed by atoms with Crippen molar-refractivity contribution in [2.24, 2.45) is 0 Å². The zero-order chi connectivity index (χ0) is 26.4. The Morgan fingerprint density at radius 3 is 2.43 bits per heavy atom. The van der Waals surface area contributed by atoms with Gasteiger partial charge in [-0.3, -0.25) is 24.1 Å². The smallest absolute Gasteiger partial charge is 0.338 e. The van der Waals surface area contributed by atoms with Gasteiger partial charge in [0.25, 0.3) is 5.91 Å². The molecule has 1 saturated heterocycles. The SMILES string of the molecule is CC(=O)Oc1c(C)c2c(c3c1[C@@H](COC(=O)c1ccccc1)N1C(=O)CN(C(C)=O)C(=O)[C@@H]1C3)OCO2. The molecule has 11 heteroatoms. The lowest BCUT2D eigenvalue weighted by Gasteiger charge is -2.47. The van der Waals surface area contributed by atoms with Crippen LogP contribution in [-0.2, 0) is 30.3 Å². The summed E-state index contributed by atoms with van der Waals surface area (Å²) in [5.74, 6) is -1.96. The van der Waals surface area contributed by atoms with Crippen LogP contribution >= 0.6 is 0 Å². The molecule has 3 aliphatic heterocycles. The van der Waals surface area contributed by atoms with Crippen LogP contribution in [-0.4, -0.2) is 65.4 Å². The Kier molecular flexibility index (Phi) is 6.06. The fourth-order valence-electron chi connectivity index (χ4n) is 5.09. The molecule has 3 heterocycles. The van der Waals surface area contributed by atoms with Gasteiger partial charge in [-0.15, -0.1) is 0 Å². The monoisotopic (exact) mass is 508 g/mol. The summed E-state index contributed by atoms with van der Waals surface area (Å²) in [6.45, 7) is 3.28. The van der Waals surface area contributed by atoms with E-state index in [0.29, 0.717) is 33.8 Å². The number of nitrogens with zero attached hydrogens (tertiary/aromatic N) is 2. The van der Waals surface area contributed by atoms with Crippen LogP contribution in [0.15, 0.2) is 30.3 Å². The number of ether oxygens (including phenoxy) is 4. The van der Waals surface area contributed by atoms with Gasteiger partial charge in [0.2, 0.25) is 18.6 Å². The largest absolute Gasteiger partial charge is 0.460 e. The summed E-state index contributed by atoms with van der Waals surface area (Å²) in [6.07, 6.45) is -0.00689. The molecule has 3 amide bonds. The molecule has 0 N–H and O–H groups in total. The number of carbonyl (C=O) groups is 5. The van der Waals surface area contributed by atoms with Gasteiger partial charge in [-0.05, 0) is 19.1 Å². The Morgan fingerprint density at radius 1 is 1.05 bits per heavy atom. The molecule has 0 aromatic heterocycles. The zero-order valence-electron chi connectivity index (χ0n) is 20.4. The highest BCUT2D eigenvalue weighted by Gasteiger charge is 2.51. The Bertz CT molecular complexity index is 1340. The van der Waals surface area contributed by atoms with Gasteiger partial charge in [0.1, 0.15) is 24.9 Å². The average Bonchev–Trinajstić information content (AvgIpc) is 3.37. The molecule has 0 saturated carbocycles. The van der Waals surface area contributed by atoms with E-state index in [1.54, 1.807) is 37.3 Å². The Hall–Kier alpha value is -4.41. The summed E-state index contributed by atoms with van der Waals surface area (Å²) in [4.78, 5) is 65.9. The first kappa shape index (κ1) is 24.3. The third-order valence-corrected chi connectivity index (χ3v) is 6.68. The maximum Gasteiger partial charge on any atom is 0.338 e. The van der Waals surface area contributed by atoms with Gasteiger partial charge in [-0.2, -0.15) is 0 Å². The Balaban J connectivity index is 1.65. The van der Waals surface area contributed by atoms with Crippen molar-refractivity contribution in [1.29, 1.82) is 0 Å². The van der Waals surface area contributed by atoms with Crippen molar-refractivity contribution in [1.82, 2.24) is 9.80 Å². The first-order valence-corrected chi connectivity index (χ1v) is 11.7. The second kappa shape index (κ2) is 9.23. The number of fused-ring (bicyclic) bond motifs is 4. The van der Waals surface area contributed by atoms with Gasteiger partial charge in [0.15, 0.2) is 11.5 Å². The third kappa shape index (κ3) is 4.05. The number of piperazine rings is 1. The van der Waals surface area contributed by atoms with Crippen molar-refractivity contribution < 1.29 is 42.9 Å². The first-order chi connectivity index (χ1) is 17.7. The molecule has 2 atom stereocenters. The molecule has 0 aliphatic carbocycles. The van der Waals surface area contributed by atoms with Crippen LogP contribution in [0.5, 0.6) is 17.2 Å². The lowest BCUT2D eigenvalue weighted by Crippen LogP contribution is -2.64. The first-order valence-electron chi connectivity index (χ1n) is 11.7. The molecule has 0 spiro atoms. The van der Waals surface area contributed by atoms with Crippen LogP contribution in [0.4, 0.5) is 0 Å². The molecule has 11 nitrogen and oxygen atoms in total. The highest BCUT2D eigenvalue weighted by atomic mass is 16.7. The number of rotatable bonds is 4. The average molecular weight is 508 g/mol. The summed E-state index contributed by atoms with van der Waals surface area (Å²) < 4.78 is 22.6. The van der Waals surface area contributed by atoms with E-state index in [-0.39, 0.29) is 25.6 Å². The molecule has 0 radical (unpaired) electrons. The van der Waals surface area contributed by atoms with Crippen molar-refractivity contribution >= 4 is 29.7 Å². The van der Waals surface area contributed by atoms with Crippen molar-refractivity contribution in [3.63, 3.8) is 0 Å². The van der Waals surface area contributed by atoms with Crippen LogP contribution in [0.3, 0.4) is 0 Å². The predicted molar refractivity (Wildman–Crippen MR) is 125 cm³/mol. The fourth-order valence-corrected chi connectivity index (χ4v) is 5.09. The van der Waals surface area contributed by atoms with E-state index < -0.39 is 48.3 Å². The second-order valence-electron chi connectivity index (χ2n) is 8.95. The molecular weight excluding hydrogens is 484 g/mol. The number of carbonyl (C=O) groups excluding carboxylic acids is 5. The molecule has 0 unspecified atom stereocenters. The topological polar surface area (TPSA) is 129 Å². The molecule has 37 heavy (non-hydrogen) atoms. The summed E-state index contributed by atoms with van der Waals surface area (Å²) in [7, 11) is 0. The summed E-state index contributed by atoms with van der Waals surface area (Å²) >= 11 is 0. The van der Waals surface area contributed by atoms with Crippen LogP contribution in [0, 0.1) is 6.92 Å². The van der Waals surface area contributed by atoms with E-state index in [4.69, 9.17) is 18.9 Å². The molecule has 5 rings (SSSR count). The second-order valence-corrected chi connectivity index (χ2v) is 8.95. The number of hydrogen-bond acceptors (Lipinski definition) is 9. The standard InChI is InChI=1S/C26H24N2O9/c1-13-22(37-15(3)30)21-17(24-23(13)35-12-36-24)9-18-25(32)27(14(2)29)10-20(31)28(18)19(21)11-34-26(33)16-7-5-4-6-8-16/h4-8,18-19H,9-12H2,1-3H3/t18-,19+/m0/s1. The minimum Gasteiger partial charge on any atom is -0.460 e. The minimum atomic E-state index is -1.06. The summed E-state index contributed by atoms with van der Waals surface area (Å²) in [6, 6.07) is 6.27. The minimum absolute atomic E-state index is 0.00689. The molecule has 1 fully saturated rings. The molecule has 2 aromatic rings. The predicted octanol–water partition coefficient (Wildman–Crippen LogP) is 1.69. The van der Waals surface area contributed by atoms with Gasteiger partial charge in [-0.1, -0.05) is 18.2 Å². The van der Waals surface area contributed by atoms with Crippen molar-refractivity contribution in [3.05, 3.63) is 52.6 Å².